The van der Waals surface area contributed by atoms with Crippen molar-refractivity contribution in [2.45, 2.75) is 51.6 Å². The lowest BCUT2D eigenvalue weighted by Crippen LogP contribution is -2.47. The standard InChI is InChI=1S/C10H20N2O/c1-3-12(8(2)10(11)13)9-6-4-5-7-9/h8-9H,3-7H2,1-2H3,(H2,11,13). The smallest absolute Gasteiger partial charge is 0.234 e. The van der Waals surface area contributed by atoms with Crippen LogP contribution in [0.5, 0.6) is 0 Å². The number of primary amides is 1. The summed E-state index contributed by atoms with van der Waals surface area (Å²) in [6.45, 7) is 4.93. The van der Waals surface area contributed by atoms with Gasteiger partial charge in [0.15, 0.2) is 0 Å². The van der Waals surface area contributed by atoms with Crippen LogP contribution in [-0.2, 0) is 4.79 Å². The van der Waals surface area contributed by atoms with Crippen LogP contribution in [0.25, 0.3) is 0 Å². The second-order valence-electron chi connectivity index (χ2n) is 3.85. The molecule has 0 saturated heterocycles. The fraction of sp³-hybridized carbons (Fsp3) is 0.900. The number of hydrogen-bond donors (Lipinski definition) is 1. The van der Waals surface area contributed by atoms with Gasteiger partial charge in [0.25, 0.3) is 0 Å². The van der Waals surface area contributed by atoms with Crippen molar-refractivity contribution in [1.82, 2.24) is 4.90 Å². The fourth-order valence-electron chi connectivity index (χ4n) is 2.25. The zero-order valence-electron chi connectivity index (χ0n) is 8.62. The Balaban J connectivity index is 2.54. The summed E-state index contributed by atoms with van der Waals surface area (Å²) in [6, 6.07) is 0.487. The van der Waals surface area contributed by atoms with Crippen molar-refractivity contribution in [2.24, 2.45) is 5.73 Å². The molecular formula is C10H20N2O. The average molecular weight is 184 g/mol. The quantitative estimate of drug-likeness (QED) is 0.711. The first-order valence-corrected chi connectivity index (χ1v) is 5.22. The maximum atomic E-state index is 11.0. The predicted molar refractivity (Wildman–Crippen MR) is 53.3 cm³/mol. The van der Waals surface area contributed by atoms with E-state index in [1.807, 2.05) is 6.92 Å². The van der Waals surface area contributed by atoms with Crippen LogP contribution in [0.15, 0.2) is 0 Å². The Bertz CT molecular complexity index is 176. The highest BCUT2D eigenvalue weighted by atomic mass is 16.1. The first kappa shape index (κ1) is 10.5. The summed E-state index contributed by atoms with van der Waals surface area (Å²) >= 11 is 0. The Morgan fingerprint density at radius 3 is 2.46 bits per heavy atom. The molecule has 2 N–H and O–H groups in total. The third kappa shape index (κ3) is 2.44. The van der Waals surface area contributed by atoms with E-state index in [0.29, 0.717) is 6.04 Å². The molecule has 3 heteroatoms. The van der Waals surface area contributed by atoms with Crippen LogP contribution in [0.3, 0.4) is 0 Å². The highest BCUT2D eigenvalue weighted by molar-refractivity contribution is 5.79. The molecule has 0 heterocycles. The van der Waals surface area contributed by atoms with E-state index in [-0.39, 0.29) is 11.9 Å². The Kier molecular flexibility index (Phi) is 3.72. The van der Waals surface area contributed by atoms with Crippen LogP contribution in [0.2, 0.25) is 0 Å². The topological polar surface area (TPSA) is 46.3 Å². The average Bonchev–Trinajstić information content (AvgIpc) is 2.58. The number of rotatable bonds is 4. The largest absolute Gasteiger partial charge is 0.368 e. The van der Waals surface area contributed by atoms with Crippen molar-refractivity contribution in [3.05, 3.63) is 0 Å². The summed E-state index contributed by atoms with van der Waals surface area (Å²) in [7, 11) is 0. The Morgan fingerprint density at radius 2 is 2.08 bits per heavy atom. The van der Waals surface area contributed by atoms with Crippen LogP contribution >= 0.6 is 0 Å². The minimum absolute atomic E-state index is 0.104. The summed E-state index contributed by atoms with van der Waals surface area (Å²) in [6.07, 6.45) is 5.05. The molecule has 0 aromatic rings. The number of carbonyl (C=O) groups excluding carboxylic acids is 1. The van der Waals surface area contributed by atoms with E-state index in [2.05, 4.69) is 11.8 Å². The van der Waals surface area contributed by atoms with Gasteiger partial charge in [0.2, 0.25) is 5.91 Å². The Labute approximate surface area is 80.3 Å². The lowest BCUT2D eigenvalue weighted by Gasteiger charge is -2.31. The molecule has 0 aromatic carbocycles. The van der Waals surface area contributed by atoms with Gasteiger partial charge in [-0.3, -0.25) is 9.69 Å². The van der Waals surface area contributed by atoms with E-state index >= 15 is 0 Å². The molecule has 1 amide bonds. The molecule has 0 aliphatic heterocycles. The predicted octanol–water partition coefficient (Wildman–Crippen LogP) is 1.12. The zero-order chi connectivity index (χ0) is 9.84. The highest BCUT2D eigenvalue weighted by Crippen LogP contribution is 2.24. The molecule has 1 unspecified atom stereocenters. The van der Waals surface area contributed by atoms with Gasteiger partial charge in [-0.2, -0.15) is 0 Å². The minimum Gasteiger partial charge on any atom is -0.368 e. The van der Waals surface area contributed by atoms with E-state index < -0.39 is 0 Å². The second kappa shape index (κ2) is 4.61. The van der Waals surface area contributed by atoms with Crippen molar-refractivity contribution in [2.75, 3.05) is 6.54 Å². The molecule has 1 atom stereocenters. The third-order valence-corrected chi connectivity index (χ3v) is 3.07. The van der Waals surface area contributed by atoms with E-state index in [1.165, 1.54) is 25.7 Å². The third-order valence-electron chi connectivity index (χ3n) is 3.07. The van der Waals surface area contributed by atoms with Crippen LogP contribution in [-0.4, -0.2) is 29.4 Å². The van der Waals surface area contributed by atoms with Crippen molar-refractivity contribution in [1.29, 1.82) is 0 Å². The highest BCUT2D eigenvalue weighted by Gasteiger charge is 2.27. The summed E-state index contributed by atoms with van der Waals surface area (Å²) in [5, 5.41) is 0. The zero-order valence-corrected chi connectivity index (χ0v) is 8.62. The molecule has 1 aliphatic rings. The summed E-state index contributed by atoms with van der Waals surface area (Å²) in [5.74, 6) is -0.200. The molecule has 1 saturated carbocycles. The first-order chi connectivity index (χ1) is 6.16. The molecule has 3 nitrogen and oxygen atoms in total. The molecule has 1 aliphatic carbocycles. The molecule has 76 valence electrons. The van der Waals surface area contributed by atoms with Crippen LogP contribution < -0.4 is 5.73 Å². The van der Waals surface area contributed by atoms with Gasteiger partial charge in [-0.25, -0.2) is 0 Å². The van der Waals surface area contributed by atoms with Crippen molar-refractivity contribution in [3.8, 4) is 0 Å². The Morgan fingerprint density at radius 1 is 1.54 bits per heavy atom. The minimum atomic E-state index is -0.200. The molecule has 0 bridgehead atoms. The van der Waals surface area contributed by atoms with Crippen LogP contribution in [0.4, 0.5) is 0 Å². The van der Waals surface area contributed by atoms with E-state index in [0.717, 1.165) is 6.54 Å². The van der Waals surface area contributed by atoms with E-state index in [9.17, 15) is 4.79 Å². The number of hydrogen-bond acceptors (Lipinski definition) is 2. The van der Waals surface area contributed by atoms with Gasteiger partial charge >= 0.3 is 0 Å². The number of nitrogens with two attached hydrogens (primary N) is 1. The van der Waals surface area contributed by atoms with Gasteiger partial charge in [-0.15, -0.1) is 0 Å². The molecule has 1 fully saturated rings. The number of carbonyl (C=O) groups is 1. The summed E-state index contributed by atoms with van der Waals surface area (Å²) in [4.78, 5) is 13.3. The lowest BCUT2D eigenvalue weighted by atomic mass is 10.1. The monoisotopic (exact) mass is 184 g/mol. The maximum absolute atomic E-state index is 11.0. The lowest BCUT2D eigenvalue weighted by molar-refractivity contribution is -0.123. The van der Waals surface area contributed by atoms with E-state index in [1.54, 1.807) is 0 Å². The molecule has 1 rings (SSSR count). The Hall–Kier alpha value is -0.570. The van der Waals surface area contributed by atoms with Gasteiger partial charge in [-0.1, -0.05) is 19.8 Å². The molecule has 13 heavy (non-hydrogen) atoms. The normalized spacial score (nSPS) is 20.8. The van der Waals surface area contributed by atoms with E-state index in [4.69, 9.17) is 5.73 Å². The van der Waals surface area contributed by atoms with Crippen molar-refractivity contribution < 1.29 is 4.79 Å². The van der Waals surface area contributed by atoms with Gasteiger partial charge in [0.1, 0.15) is 0 Å². The van der Waals surface area contributed by atoms with Crippen molar-refractivity contribution in [3.63, 3.8) is 0 Å². The number of likely N-dealkylation sites (N-methyl/N-ethyl adjacent to an activating group) is 1. The van der Waals surface area contributed by atoms with Crippen molar-refractivity contribution >= 4 is 5.91 Å². The number of nitrogens with zero attached hydrogens (tertiary/aromatic N) is 1. The summed E-state index contributed by atoms with van der Waals surface area (Å²) in [5.41, 5.74) is 5.30. The fourth-order valence-corrected chi connectivity index (χ4v) is 2.25. The maximum Gasteiger partial charge on any atom is 0.234 e. The summed E-state index contributed by atoms with van der Waals surface area (Å²) < 4.78 is 0. The molecule has 0 spiro atoms. The first-order valence-electron chi connectivity index (χ1n) is 5.22. The second-order valence-corrected chi connectivity index (χ2v) is 3.85. The molecule has 0 radical (unpaired) electrons. The van der Waals surface area contributed by atoms with Crippen LogP contribution in [0.1, 0.15) is 39.5 Å². The van der Waals surface area contributed by atoms with Crippen LogP contribution in [0, 0.1) is 0 Å². The van der Waals surface area contributed by atoms with Gasteiger partial charge in [0, 0.05) is 6.04 Å². The molecular weight excluding hydrogens is 164 g/mol. The molecule has 0 aromatic heterocycles. The SMILES string of the molecule is CCN(C1CCCC1)C(C)C(N)=O. The van der Waals surface area contributed by atoms with Gasteiger partial charge in [-0.05, 0) is 26.3 Å². The number of amides is 1. The van der Waals surface area contributed by atoms with Gasteiger partial charge < -0.3 is 5.73 Å². The van der Waals surface area contributed by atoms with Gasteiger partial charge in [0.05, 0.1) is 6.04 Å².